The number of primary amides is 1. The zero-order valence-corrected chi connectivity index (χ0v) is 11.9. The van der Waals surface area contributed by atoms with Gasteiger partial charge in [-0.05, 0) is 18.6 Å². The molecule has 0 radical (unpaired) electrons. The number of carbonyl (C=O) groups excluding carboxylic acids is 3. The first-order chi connectivity index (χ1) is 10.3. The minimum atomic E-state index is -1.12. The van der Waals surface area contributed by atoms with Gasteiger partial charge in [0.2, 0.25) is 11.8 Å². The van der Waals surface area contributed by atoms with Gasteiger partial charge in [-0.3, -0.25) is 14.4 Å². The van der Waals surface area contributed by atoms with E-state index in [4.69, 9.17) is 5.73 Å². The van der Waals surface area contributed by atoms with Crippen molar-refractivity contribution in [1.82, 2.24) is 5.32 Å². The first-order valence-corrected chi connectivity index (χ1v) is 6.43. The smallest absolute Gasteiger partial charge is 0.305 e. The van der Waals surface area contributed by atoms with Crippen LogP contribution >= 0.6 is 0 Å². The molecule has 0 aliphatic heterocycles. The molecule has 2 amide bonds. The second-order valence-corrected chi connectivity index (χ2v) is 4.51. The van der Waals surface area contributed by atoms with Crippen molar-refractivity contribution >= 4 is 17.8 Å². The lowest BCUT2D eigenvalue weighted by molar-refractivity contribution is -0.141. The normalized spacial score (nSPS) is 11.6. The third-order valence-electron chi connectivity index (χ3n) is 2.94. The lowest BCUT2D eigenvalue weighted by Gasteiger charge is -2.15. The van der Waals surface area contributed by atoms with Crippen molar-refractivity contribution in [3.05, 3.63) is 35.4 Å². The predicted octanol–water partition coefficient (Wildman–Crippen LogP) is 0.431. The van der Waals surface area contributed by atoms with E-state index < -0.39 is 47.4 Å². The van der Waals surface area contributed by atoms with Crippen LogP contribution in [0.25, 0.3) is 0 Å². The molecule has 22 heavy (non-hydrogen) atoms. The van der Waals surface area contributed by atoms with Crippen LogP contribution in [0.2, 0.25) is 0 Å². The molecule has 8 heteroatoms. The van der Waals surface area contributed by atoms with Crippen LogP contribution in [0.1, 0.15) is 18.4 Å². The zero-order valence-electron chi connectivity index (χ0n) is 11.9. The van der Waals surface area contributed by atoms with Gasteiger partial charge in [0.15, 0.2) is 0 Å². The number of nitrogens with one attached hydrogen (secondary N) is 1. The number of esters is 1. The number of halogens is 2. The van der Waals surface area contributed by atoms with Crippen LogP contribution in [-0.4, -0.2) is 30.9 Å². The Morgan fingerprint density at radius 3 is 2.36 bits per heavy atom. The fourth-order valence-corrected chi connectivity index (χ4v) is 1.76. The second-order valence-electron chi connectivity index (χ2n) is 4.51. The molecule has 1 rings (SSSR count). The van der Waals surface area contributed by atoms with Gasteiger partial charge in [0.25, 0.3) is 0 Å². The number of hydrogen-bond acceptors (Lipinski definition) is 4. The lowest BCUT2D eigenvalue weighted by atomic mass is 10.1. The maximum atomic E-state index is 13.4. The fourth-order valence-electron chi connectivity index (χ4n) is 1.76. The van der Waals surface area contributed by atoms with E-state index in [1.807, 2.05) is 0 Å². The number of nitrogens with two attached hydrogens (primary N) is 1. The van der Waals surface area contributed by atoms with Crippen molar-refractivity contribution in [3.63, 3.8) is 0 Å². The summed E-state index contributed by atoms with van der Waals surface area (Å²) in [7, 11) is 1.18. The van der Waals surface area contributed by atoms with Gasteiger partial charge in [0.1, 0.15) is 17.7 Å². The van der Waals surface area contributed by atoms with Gasteiger partial charge in [0, 0.05) is 12.0 Å². The van der Waals surface area contributed by atoms with E-state index in [0.29, 0.717) is 0 Å². The van der Waals surface area contributed by atoms with E-state index in [1.165, 1.54) is 13.2 Å². The summed E-state index contributed by atoms with van der Waals surface area (Å²) in [5.41, 5.74) is 4.71. The molecule has 0 fully saturated rings. The molecule has 120 valence electrons. The number of benzene rings is 1. The van der Waals surface area contributed by atoms with Crippen molar-refractivity contribution < 1.29 is 27.9 Å². The van der Waals surface area contributed by atoms with Gasteiger partial charge in [-0.2, -0.15) is 0 Å². The van der Waals surface area contributed by atoms with Gasteiger partial charge in [-0.25, -0.2) is 8.78 Å². The third-order valence-corrected chi connectivity index (χ3v) is 2.94. The summed E-state index contributed by atoms with van der Waals surface area (Å²) in [4.78, 5) is 34.0. The summed E-state index contributed by atoms with van der Waals surface area (Å²) in [6.45, 7) is 0. The highest BCUT2D eigenvalue weighted by Crippen LogP contribution is 2.12. The highest BCUT2D eigenvalue weighted by atomic mass is 19.1. The standard InChI is InChI=1S/C14H16F2N2O4/c1-22-13(20)6-5-11(14(17)21)18-12(19)7-8-9(15)3-2-4-10(8)16/h2-4,11H,5-7H2,1H3,(H2,17,21)(H,18,19)/t11-/m1/s1. The molecular weight excluding hydrogens is 298 g/mol. The SMILES string of the molecule is COC(=O)CC[C@@H](NC(=O)Cc1c(F)cccc1F)C(N)=O. The van der Waals surface area contributed by atoms with Crippen LogP contribution in [0, 0.1) is 11.6 Å². The molecule has 0 aromatic heterocycles. The van der Waals surface area contributed by atoms with Crippen molar-refractivity contribution in [2.24, 2.45) is 5.73 Å². The van der Waals surface area contributed by atoms with Crippen LogP contribution in [0.5, 0.6) is 0 Å². The molecule has 0 heterocycles. The number of hydrogen-bond donors (Lipinski definition) is 2. The molecule has 0 unspecified atom stereocenters. The Hall–Kier alpha value is -2.51. The largest absolute Gasteiger partial charge is 0.469 e. The Morgan fingerprint density at radius 1 is 1.27 bits per heavy atom. The Labute approximate surface area is 125 Å². The predicted molar refractivity (Wildman–Crippen MR) is 72.4 cm³/mol. The average Bonchev–Trinajstić information content (AvgIpc) is 2.46. The van der Waals surface area contributed by atoms with Crippen LogP contribution in [0.15, 0.2) is 18.2 Å². The van der Waals surface area contributed by atoms with E-state index in [1.54, 1.807) is 0 Å². The first kappa shape index (κ1) is 17.5. The third kappa shape index (κ3) is 5.12. The minimum Gasteiger partial charge on any atom is -0.469 e. The summed E-state index contributed by atoms with van der Waals surface area (Å²) in [6, 6.07) is 2.10. The lowest BCUT2D eigenvalue weighted by Crippen LogP contribution is -2.45. The summed E-state index contributed by atoms with van der Waals surface area (Å²) in [5.74, 6) is -3.93. The molecule has 6 nitrogen and oxygen atoms in total. The topological polar surface area (TPSA) is 98.5 Å². The van der Waals surface area contributed by atoms with Crippen LogP contribution < -0.4 is 11.1 Å². The highest BCUT2D eigenvalue weighted by Gasteiger charge is 2.21. The number of rotatable bonds is 7. The number of methoxy groups -OCH3 is 1. The molecule has 1 aromatic rings. The van der Waals surface area contributed by atoms with E-state index in [2.05, 4.69) is 10.1 Å². The monoisotopic (exact) mass is 314 g/mol. The molecule has 0 aliphatic carbocycles. The Balaban J connectivity index is 2.68. The van der Waals surface area contributed by atoms with Gasteiger partial charge in [-0.1, -0.05) is 6.07 Å². The van der Waals surface area contributed by atoms with Crippen molar-refractivity contribution in [3.8, 4) is 0 Å². The molecule has 0 spiro atoms. The molecule has 3 N–H and O–H groups in total. The average molecular weight is 314 g/mol. The Bertz CT molecular complexity index is 558. The number of carbonyl (C=O) groups is 3. The highest BCUT2D eigenvalue weighted by molar-refractivity contribution is 5.87. The number of amides is 2. The van der Waals surface area contributed by atoms with Crippen LogP contribution in [0.3, 0.4) is 0 Å². The molecule has 0 saturated heterocycles. The van der Waals surface area contributed by atoms with E-state index in [9.17, 15) is 23.2 Å². The van der Waals surface area contributed by atoms with Crippen LogP contribution in [0.4, 0.5) is 8.78 Å². The minimum absolute atomic E-state index is 0.0620. The van der Waals surface area contributed by atoms with Crippen molar-refractivity contribution in [2.75, 3.05) is 7.11 Å². The molecular formula is C14H16F2N2O4. The molecule has 1 aromatic carbocycles. The van der Waals surface area contributed by atoms with Gasteiger partial charge >= 0.3 is 5.97 Å². The zero-order chi connectivity index (χ0) is 16.7. The van der Waals surface area contributed by atoms with Crippen molar-refractivity contribution in [1.29, 1.82) is 0 Å². The first-order valence-electron chi connectivity index (χ1n) is 6.43. The molecule has 0 bridgehead atoms. The van der Waals surface area contributed by atoms with Crippen LogP contribution in [-0.2, 0) is 25.5 Å². The van der Waals surface area contributed by atoms with E-state index in [-0.39, 0.29) is 12.8 Å². The van der Waals surface area contributed by atoms with Gasteiger partial charge in [-0.15, -0.1) is 0 Å². The van der Waals surface area contributed by atoms with Crippen molar-refractivity contribution in [2.45, 2.75) is 25.3 Å². The summed E-state index contributed by atoms with van der Waals surface area (Å²) in [6.07, 6.45) is -0.771. The fraction of sp³-hybridized carbons (Fsp3) is 0.357. The van der Waals surface area contributed by atoms with E-state index >= 15 is 0 Å². The maximum absolute atomic E-state index is 13.4. The Kier molecular flexibility index (Phi) is 6.43. The summed E-state index contributed by atoms with van der Waals surface area (Å²) < 4.78 is 31.3. The molecule has 0 aliphatic rings. The summed E-state index contributed by atoms with van der Waals surface area (Å²) in [5, 5.41) is 2.24. The van der Waals surface area contributed by atoms with Gasteiger partial charge < -0.3 is 15.8 Å². The van der Waals surface area contributed by atoms with Gasteiger partial charge in [0.05, 0.1) is 13.5 Å². The Morgan fingerprint density at radius 2 is 1.86 bits per heavy atom. The molecule has 0 saturated carbocycles. The van der Waals surface area contributed by atoms with E-state index in [0.717, 1.165) is 12.1 Å². The second kappa shape index (κ2) is 8.06. The number of ether oxygens (including phenoxy) is 1. The molecule has 1 atom stereocenters. The summed E-state index contributed by atoms with van der Waals surface area (Å²) >= 11 is 0. The maximum Gasteiger partial charge on any atom is 0.305 e. The quantitative estimate of drug-likeness (QED) is 0.713.